The van der Waals surface area contributed by atoms with Crippen LogP contribution in [0.25, 0.3) is 0 Å². The molecule has 0 heterocycles. The monoisotopic (exact) mass is 307 g/mol. The summed E-state index contributed by atoms with van der Waals surface area (Å²) in [7, 11) is -1.47. The van der Waals surface area contributed by atoms with Crippen LogP contribution in [0.5, 0.6) is 0 Å². The quantitative estimate of drug-likeness (QED) is 0.272. The molecular formula is C14H29NO4S. The molecule has 0 aromatic carbocycles. The van der Waals surface area contributed by atoms with Crippen molar-refractivity contribution in [2.45, 2.75) is 38.5 Å². The van der Waals surface area contributed by atoms with Gasteiger partial charge in [-0.15, -0.1) is 13.2 Å². The van der Waals surface area contributed by atoms with Gasteiger partial charge in [0.2, 0.25) is 10.4 Å². The van der Waals surface area contributed by atoms with Crippen LogP contribution in [-0.2, 0) is 14.6 Å². The largest absolute Gasteiger partial charge is 0.726 e. The van der Waals surface area contributed by atoms with Crippen LogP contribution in [0, 0.1) is 5.92 Å². The van der Waals surface area contributed by atoms with Crippen LogP contribution in [0.2, 0.25) is 0 Å². The minimum Gasteiger partial charge on any atom is -0.726 e. The predicted octanol–water partition coefficient (Wildman–Crippen LogP) is 1.60. The highest BCUT2D eigenvalue weighted by Gasteiger charge is 2.04. The third-order valence-electron chi connectivity index (χ3n) is 2.81. The Morgan fingerprint density at radius 1 is 1.20 bits per heavy atom. The first kappa shape index (κ1) is 21.6. The summed E-state index contributed by atoms with van der Waals surface area (Å²) in [6.07, 6.45) is 11.8. The van der Waals surface area contributed by atoms with E-state index in [1.807, 2.05) is 12.2 Å². The first-order valence-corrected chi connectivity index (χ1v) is 8.25. The van der Waals surface area contributed by atoms with Gasteiger partial charge in [0.05, 0.1) is 20.7 Å². The molecule has 0 spiro atoms. The van der Waals surface area contributed by atoms with E-state index in [1.54, 1.807) is 0 Å². The van der Waals surface area contributed by atoms with Crippen molar-refractivity contribution in [3.8, 4) is 0 Å². The molecule has 0 amide bonds. The number of nitrogens with two attached hydrogens (primary N) is 1. The van der Waals surface area contributed by atoms with Gasteiger partial charge in [0.15, 0.2) is 0 Å². The van der Waals surface area contributed by atoms with Crippen molar-refractivity contribution in [1.82, 2.24) is 0 Å². The lowest BCUT2D eigenvalue weighted by atomic mass is 9.94. The zero-order chi connectivity index (χ0) is 15.9. The summed E-state index contributed by atoms with van der Waals surface area (Å²) < 4.78 is 31.0. The zero-order valence-electron chi connectivity index (χ0n) is 12.7. The van der Waals surface area contributed by atoms with Crippen LogP contribution in [0.15, 0.2) is 25.3 Å². The van der Waals surface area contributed by atoms with Crippen LogP contribution in [-0.4, -0.2) is 33.7 Å². The fourth-order valence-corrected chi connectivity index (χ4v) is 1.76. The summed E-state index contributed by atoms with van der Waals surface area (Å²) in [6.45, 7) is 8.87. The molecule has 0 saturated carbocycles. The van der Waals surface area contributed by atoms with Crippen molar-refractivity contribution in [2.24, 2.45) is 5.92 Å². The van der Waals surface area contributed by atoms with Gasteiger partial charge in [0.1, 0.15) is 0 Å². The molecule has 0 aromatic heterocycles. The topological polar surface area (TPSA) is 83.0 Å². The summed E-state index contributed by atoms with van der Waals surface area (Å²) in [5, 5.41) is 2.25. The Balaban J connectivity index is 0. The average Bonchev–Trinajstić information content (AvgIpc) is 2.39. The van der Waals surface area contributed by atoms with Crippen LogP contribution in [0.3, 0.4) is 0 Å². The molecule has 0 fully saturated rings. The molecule has 20 heavy (non-hydrogen) atoms. The maximum atomic E-state index is 9.22. The molecule has 0 saturated heterocycles. The van der Waals surface area contributed by atoms with Gasteiger partial charge in [-0.05, 0) is 38.0 Å². The van der Waals surface area contributed by atoms with E-state index >= 15 is 0 Å². The molecule has 0 aliphatic heterocycles. The SMILES string of the molecule is C=CCC(CC=C)CCCCC[NH2+]C.COS(=O)(=O)[O-]. The number of unbranched alkanes of at least 4 members (excludes halogenated alkanes) is 2. The lowest BCUT2D eigenvalue weighted by Gasteiger charge is -2.11. The van der Waals surface area contributed by atoms with Gasteiger partial charge in [-0.25, -0.2) is 8.42 Å². The van der Waals surface area contributed by atoms with Gasteiger partial charge >= 0.3 is 0 Å². The molecule has 5 nitrogen and oxygen atoms in total. The Bertz CT molecular complexity index is 318. The van der Waals surface area contributed by atoms with Crippen molar-refractivity contribution in [1.29, 1.82) is 0 Å². The van der Waals surface area contributed by atoms with Crippen molar-refractivity contribution in [2.75, 3.05) is 20.7 Å². The average molecular weight is 307 g/mol. The Morgan fingerprint density at radius 2 is 1.70 bits per heavy atom. The predicted molar refractivity (Wildman–Crippen MR) is 81.0 cm³/mol. The Labute approximate surface area is 124 Å². The van der Waals surface area contributed by atoms with E-state index in [0.29, 0.717) is 0 Å². The molecule has 6 heteroatoms. The lowest BCUT2D eigenvalue weighted by molar-refractivity contribution is -0.627. The van der Waals surface area contributed by atoms with Crippen molar-refractivity contribution in [3.05, 3.63) is 25.3 Å². The van der Waals surface area contributed by atoms with E-state index in [0.717, 1.165) is 25.9 Å². The third kappa shape index (κ3) is 19.6. The highest BCUT2D eigenvalue weighted by atomic mass is 32.3. The first-order valence-electron chi connectivity index (χ1n) is 6.92. The fourth-order valence-electron chi connectivity index (χ4n) is 1.76. The minimum absolute atomic E-state index is 0.788. The molecular weight excluding hydrogens is 278 g/mol. The maximum absolute atomic E-state index is 9.22. The van der Waals surface area contributed by atoms with Crippen molar-refractivity contribution in [3.63, 3.8) is 0 Å². The van der Waals surface area contributed by atoms with E-state index in [2.05, 4.69) is 29.7 Å². The molecule has 0 unspecified atom stereocenters. The van der Waals surface area contributed by atoms with Crippen LogP contribution < -0.4 is 5.32 Å². The number of hydrogen-bond acceptors (Lipinski definition) is 4. The van der Waals surface area contributed by atoms with E-state index in [9.17, 15) is 13.0 Å². The Kier molecular flexibility index (Phi) is 15.9. The van der Waals surface area contributed by atoms with Crippen LogP contribution in [0.4, 0.5) is 0 Å². The molecule has 2 N–H and O–H groups in total. The highest BCUT2D eigenvalue weighted by Crippen LogP contribution is 2.17. The van der Waals surface area contributed by atoms with E-state index < -0.39 is 10.4 Å². The maximum Gasteiger partial charge on any atom is 0.217 e. The molecule has 0 rings (SSSR count). The summed E-state index contributed by atoms with van der Waals surface area (Å²) in [5.41, 5.74) is 0. The van der Waals surface area contributed by atoms with Crippen molar-refractivity contribution < 1.29 is 22.5 Å². The second kappa shape index (κ2) is 14.7. The van der Waals surface area contributed by atoms with E-state index in [1.165, 1.54) is 32.2 Å². The van der Waals surface area contributed by atoms with Gasteiger partial charge < -0.3 is 9.87 Å². The minimum atomic E-state index is -4.41. The first-order chi connectivity index (χ1) is 9.41. The van der Waals surface area contributed by atoms with Gasteiger partial charge in [-0.3, -0.25) is 4.18 Å². The third-order valence-corrected chi connectivity index (χ3v) is 3.22. The second-order valence-corrected chi connectivity index (χ2v) is 5.69. The van der Waals surface area contributed by atoms with Gasteiger partial charge in [0, 0.05) is 0 Å². The van der Waals surface area contributed by atoms with Crippen LogP contribution in [0.1, 0.15) is 38.5 Å². The van der Waals surface area contributed by atoms with Gasteiger partial charge in [-0.2, -0.15) is 0 Å². The molecule has 120 valence electrons. The standard InChI is InChI=1S/C13H25N.CH4O4S/c1-4-9-13(10-5-2)11-7-6-8-12-14-3;1-5-6(2,3)4/h4-5,13-14H,1-2,6-12H2,3H3;1H3,(H,2,3,4). The lowest BCUT2D eigenvalue weighted by Crippen LogP contribution is -2.79. The smallest absolute Gasteiger partial charge is 0.217 e. The highest BCUT2D eigenvalue weighted by molar-refractivity contribution is 7.80. The number of rotatable bonds is 11. The zero-order valence-corrected chi connectivity index (χ0v) is 13.5. The molecule has 0 bridgehead atoms. The molecule has 0 radical (unpaired) electrons. The second-order valence-electron chi connectivity index (χ2n) is 4.54. The Hall–Kier alpha value is -0.690. The number of allylic oxidation sites excluding steroid dienone is 2. The summed E-state index contributed by atoms with van der Waals surface area (Å²) in [4.78, 5) is 0. The number of quaternary nitrogens is 1. The summed E-state index contributed by atoms with van der Waals surface area (Å²) in [6, 6.07) is 0. The number of hydrogen-bond donors (Lipinski definition) is 1. The van der Waals surface area contributed by atoms with Crippen molar-refractivity contribution >= 4 is 10.4 Å². The van der Waals surface area contributed by atoms with Crippen LogP contribution >= 0.6 is 0 Å². The molecule has 0 aliphatic rings. The Morgan fingerprint density at radius 3 is 2.05 bits per heavy atom. The molecule has 0 aromatic rings. The normalized spacial score (nSPS) is 10.8. The molecule has 0 aliphatic carbocycles. The fraction of sp³-hybridized carbons (Fsp3) is 0.714. The summed E-state index contributed by atoms with van der Waals surface area (Å²) in [5.74, 6) is 0.788. The van der Waals surface area contributed by atoms with Gasteiger partial charge in [-0.1, -0.05) is 18.6 Å². The van der Waals surface area contributed by atoms with Gasteiger partial charge in [0.25, 0.3) is 0 Å². The summed E-state index contributed by atoms with van der Waals surface area (Å²) >= 11 is 0. The van der Waals surface area contributed by atoms with E-state index in [4.69, 9.17) is 0 Å². The molecule has 0 atom stereocenters. The van der Waals surface area contributed by atoms with E-state index in [-0.39, 0.29) is 0 Å².